The molecule has 58 valence electrons. The number of aromatic nitrogens is 2. The Morgan fingerprint density at radius 1 is 1.73 bits per heavy atom. The van der Waals surface area contributed by atoms with Gasteiger partial charge in [-0.15, -0.1) is 6.58 Å². The molecule has 0 radical (unpaired) electrons. The van der Waals surface area contributed by atoms with Crippen molar-refractivity contribution in [2.24, 2.45) is 0 Å². The van der Waals surface area contributed by atoms with Crippen LogP contribution in [0.5, 0.6) is 0 Å². The Labute approximate surface area is 68.6 Å². The molecule has 1 heterocycles. The molecular formula is C7H7FN2S. The molecule has 0 saturated carbocycles. The van der Waals surface area contributed by atoms with E-state index in [1.807, 2.05) is 0 Å². The molecule has 0 bridgehead atoms. The lowest BCUT2D eigenvalue weighted by molar-refractivity contribution is 0.563. The molecule has 0 aliphatic carbocycles. The first kappa shape index (κ1) is 8.20. The van der Waals surface area contributed by atoms with E-state index in [-0.39, 0.29) is 0 Å². The van der Waals surface area contributed by atoms with E-state index in [1.165, 1.54) is 24.0 Å². The Morgan fingerprint density at radius 2 is 2.55 bits per heavy atom. The molecule has 0 spiro atoms. The quantitative estimate of drug-likeness (QED) is 0.300. The Balaban J connectivity index is 2.63. The molecular weight excluding hydrogens is 163 g/mol. The molecule has 0 aromatic carbocycles. The molecule has 11 heavy (non-hydrogen) atoms. The zero-order chi connectivity index (χ0) is 8.10. The maximum Gasteiger partial charge on any atom is 0.216 e. The van der Waals surface area contributed by atoms with E-state index in [2.05, 4.69) is 16.5 Å². The minimum absolute atomic E-state index is 0.449. The number of hydrogen-bond donors (Lipinski definition) is 0. The number of thioether (sulfide) groups is 1. The summed E-state index contributed by atoms with van der Waals surface area (Å²) in [4.78, 5) is 7.39. The minimum atomic E-state index is -0.494. The fraction of sp³-hybridized carbons (Fsp3) is 0.143. The Morgan fingerprint density at radius 3 is 3.18 bits per heavy atom. The van der Waals surface area contributed by atoms with Crippen molar-refractivity contribution in [1.82, 2.24) is 9.97 Å². The van der Waals surface area contributed by atoms with E-state index < -0.39 is 5.95 Å². The summed E-state index contributed by atoms with van der Waals surface area (Å²) in [6.07, 6.45) is 3.12. The molecule has 1 aromatic heterocycles. The van der Waals surface area contributed by atoms with Crippen LogP contribution in [0, 0.1) is 5.95 Å². The molecule has 2 nitrogen and oxygen atoms in total. The smallest absolute Gasteiger partial charge is 0.216 e. The summed E-state index contributed by atoms with van der Waals surface area (Å²) in [5, 5.41) is 0.449. The number of hydrogen-bond acceptors (Lipinski definition) is 3. The molecule has 0 aliphatic heterocycles. The number of nitrogens with zero attached hydrogens (tertiary/aromatic N) is 2. The van der Waals surface area contributed by atoms with E-state index in [4.69, 9.17) is 0 Å². The van der Waals surface area contributed by atoms with Gasteiger partial charge in [0.1, 0.15) is 0 Å². The molecule has 0 unspecified atom stereocenters. The van der Waals surface area contributed by atoms with Gasteiger partial charge >= 0.3 is 0 Å². The zero-order valence-electron chi connectivity index (χ0n) is 5.83. The van der Waals surface area contributed by atoms with Gasteiger partial charge in [0.2, 0.25) is 5.95 Å². The van der Waals surface area contributed by atoms with Crippen molar-refractivity contribution >= 4 is 11.8 Å². The summed E-state index contributed by atoms with van der Waals surface area (Å²) in [6.45, 7) is 3.53. The first-order valence-corrected chi connectivity index (χ1v) is 4.03. The summed E-state index contributed by atoms with van der Waals surface area (Å²) in [5.74, 6) is 0.204. The average molecular weight is 170 g/mol. The van der Waals surface area contributed by atoms with Gasteiger partial charge in [0.05, 0.1) is 0 Å². The lowest BCUT2D eigenvalue weighted by atomic mass is 10.7. The van der Waals surface area contributed by atoms with Gasteiger partial charge in [-0.1, -0.05) is 17.8 Å². The van der Waals surface area contributed by atoms with Gasteiger partial charge in [-0.25, -0.2) is 4.98 Å². The second-order valence-corrected chi connectivity index (χ2v) is 2.75. The van der Waals surface area contributed by atoms with Crippen molar-refractivity contribution in [2.75, 3.05) is 5.75 Å². The standard InChI is InChI=1S/C7H7FN2S/c1-2-5-11-7-9-4-3-6(8)10-7/h2-4H,1,5H2. The number of rotatable bonds is 3. The van der Waals surface area contributed by atoms with Gasteiger partial charge in [0, 0.05) is 18.0 Å². The summed E-state index contributed by atoms with van der Waals surface area (Å²) >= 11 is 1.35. The second-order valence-electron chi connectivity index (χ2n) is 1.76. The van der Waals surface area contributed by atoms with E-state index in [9.17, 15) is 4.39 Å². The highest BCUT2D eigenvalue weighted by Gasteiger charge is 1.96. The van der Waals surface area contributed by atoms with Gasteiger partial charge in [0.25, 0.3) is 0 Å². The lowest BCUT2D eigenvalue weighted by Gasteiger charge is -1.93. The maximum atomic E-state index is 12.4. The van der Waals surface area contributed by atoms with Crippen LogP contribution in [0.3, 0.4) is 0 Å². The second kappa shape index (κ2) is 4.08. The maximum absolute atomic E-state index is 12.4. The summed E-state index contributed by atoms with van der Waals surface area (Å²) in [7, 11) is 0. The zero-order valence-corrected chi connectivity index (χ0v) is 6.64. The highest BCUT2D eigenvalue weighted by atomic mass is 32.2. The monoisotopic (exact) mass is 170 g/mol. The van der Waals surface area contributed by atoms with Crippen molar-refractivity contribution in [1.29, 1.82) is 0 Å². The van der Waals surface area contributed by atoms with Crippen LogP contribution in [0.2, 0.25) is 0 Å². The highest BCUT2D eigenvalue weighted by Crippen LogP contribution is 2.11. The molecule has 0 fully saturated rings. The van der Waals surface area contributed by atoms with Crippen molar-refractivity contribution in [3.8, 4) is 0 Å². The Kier molecular flexibility index (Phi) is 3.04. The van der Waals surface area contributed by atoms with Crippen LogP contribution in [-0.2, 0) is 0 Å². The van der Waals surface area contributed by atoms with Crippen LogP contribution in [0.15, 0.2) is 30.1 Å². The van der Waals surface area contributed by atoms with Gasteiger partial charge in [-0.05, 0) is 0 Å². The van der Waals surface area contributed by atoms with Crippen LogP contribution >= 0.6 is 11.8 Å². The molecule has 1 aromatic rings. The highest BCUT2D eigenvalue weighted by molar-refractivity contribution is 7.99. The van der Waals surface area contributed by atoms with Gasteiger partial charge in [0.15, 0.2) is 5.16 Å². The van der Waals surface area contributed by atoms with Crippen LogP contribution in [0.1, 0.15) is 0 Å². The van der Waals surface area contributed by atoms with Crippen LogP contribution in [0.25, 0.3) is 0 Å². The minimum Gasteiger partial charge on any atom is -0.231 e. The van der Waals surface area contributed by atoms with Crippen molar-refractivity contribution in [3.05, 3.63) is 30.9 Å². The predicted molar refractivity (Wildman–Crippen MR) is 42.9 cm³/mol. The number of halogens is 1. The summed E-state index contributed by atoms with van der Waals surface area (Å²) in [6, 6.07) is 1.22. The van der Waals surface area contributed by atoms with Crippen molar-refractivity contribution in [2.45, 2.75) is 5.16 Å². The third-order valence-corrected chi connectivity index (χ3v) is 1.79. The average Bonchev–Trinajstić information content (AvgIpc) is 2.01. The SMILES string of the molecule is C=CCSc1nccc(F)n1. The van der Waals surface area contributed by atoms with E-state index >= 15 is 0 Å². The molecule has 0 amide bonds. The molecule has 0 saturated heterocycles. The van der Waals surface area contributed by atoms with Gasteiger partial charge < -0.3 is 0 Å². The van der Waals surface area contributed by atoms with Gasteiger partial charge in [-0.3, -0.25) is 0 Å². The van der Waals surface area contributed by atoms with Crippen LogP contribution < -0.4 is 0 Å². The van der Waals surface area contributed by atoms with Crippen molar-refractivity contribution < 1.29 is 4.39 Å². The first-order chi connectivity index (χ1) is 5.33. The molecule has 4 heteroatoms. The lowest BCUT2D eigenvalue weighted by Crippen LogP contribution is -1.88. The molecule has 1 rings (SSSR count). The van der Waals surface area contributed by atoms with Crippen molar-refractivity contribution in [3.63, 3.8) is 0 Å². The molecule has 0 atom stereocenters. The summed E-state index contributed by atoms with van der Waals surface area (Å²) < 4.78 is 12.4. The third-order valence-electron chi connectivity index (χ3n) is 0.930. The van der Waals surface area contributed by atoms with Gasteiger partial charge in [-0.2, -0.15) is 9.37 Å². The Bertz CT molecular complexity index is 252. The van der Waals surface area contributed by atoms with E-state index in [1.54, 1.807) is 6.08 Å². The first-order valence-electron chi connectivity index (χ1n) is 3.05. The predicted octanol–water partition coefficient (Wildman–Crippen LogP) is 1.89. The molecule has 0 N–H and O–H groups in total. The Hall–Kier alpha value is -0.900. The normalized spacial score (nSPS) is 9.55. The molecule has 0 aliphatic rings. The topological polar surface area (TPSA) is 25.8 Å². The van der Waals surface area contributed by atoms with E-state index in [0.717, 1.165) is 0 Å². The third kappa shape index (κ3) is 2.67. The fourth-order valence-corrected chi connectivity index (χ4v) is 1.08. The van der Waals surface area contributed by atoms with E-state index in [0.29, 0.717) is 10.9 Å². The summed E-state index contributed by atoms with van der Waals surface area (Å²) in [5.41, 5.74) is 0. The van der Waals surface area contributed by atoms with Crippen LogP contribution in [-0.4, -0.2) is 15.7 Å². The van der Waals surface area contributed by atoms with Crippen LogP contribution in [0.4, 0.5) is 4.39 Å². The largest absolute Gasteiger partial charge is 0.231 e. The fourth-order valence-electron chi connectivity index (χ4n) is 0.523.